The van der Waals surface area contributed by atoms with Crippen LogP contribution in [0.3, 0.4) is 0 Å². The fraction of sp³-hybridized carbons (Fsp3) is 0.200. The second kappa shape index (κ2) is 6.41. The summed E-state index contributed by atoms with van der Waals surface area (Å²) in [6.07, 6.45) is 1.35. The van der Waals surface area contributed by atoms with Gasteiger partial charge in [-0.1, -0.05) is 41.4 Å². The van der Waals surface area contributed by atoms with Crippen molar-refractivity contribution in [2.75, 3.05) is 7.05 Å². The second-order valence-electron chi connectivity index (χ2n) is 4.61. The molecule has 3 nitrogen and oxygen atoms in total. The number of aromatic nitrogens is 1. The molecular formula is C15H13Cl2FN2O. The summed E-state index contributed by atoms with van der Waals surface area (Å²) < 4.78 is 13.8. The lowest BCUT2D eigenvalue weighted by molar-refractivity contribution is 0.0740. The number of pyridine rings is 1. The first-order valence-corrected chi connectivity index (χ1v) is 7.00. The van der Waals surface area contributed by atoms with Gasteiger partial charge in [-0.15, -0.1) is 0 Å². The van der Waals surface area contributed by atoms with Crippen LogP contribution >= 0.6 is 23.2 Å². The van der Waals surface area contributed by atoms with Crippen LogP contribution < -0.4 is 0 Å². The molecule has 0 saturated carbocycles. The van der Waals surface area contributed by atoms with Crippen molar-refractivity contribution >= 4 is 29.1 Å². The second-order valence-corrected chi connectivity index (χ2v) is 5.38. The fourth-order valence-corrected chi connectivity index (χ4v) is 2.21. The van der Waals surface area contributed by atoms with Crippen LogP contribution in [-0.4, -0.2) is 22.8 Å². The minimum atomic E-state index is -0.423. The Hall–Kier alpha value is -1.65. The van der Waals surface area contributed by atoms with Gasteiger partial charge >= 0.3 is 0 Å². The summed E-state index contributed by atoms with van der Waals surface area (Å²) >= 11 is 11.6. The third kappa shape index (κ3) is 3.34. The average molecular weight is 327 g/mol. The summed E-state index contributed by atoms with van der Waals surface area (Å²) in [6, 6.07) is 7.38. The number of nitrogens with zero attached hydrogens (tertiary/aromatic N) is 2. The Labute approximate surface area is 132 Å². The summed E-state index contributed by atoms with van der Waals surface area (Å²) in [7, 11) is 1.60. The minimum absolute atomic E-state index is 0.137. The van der Waals surface area contributed by atoms with Gasteiger partial charge in [-0.25, -0.2) is 9.37 Å². The van der Waals surface area contributed by atoms with E-state index in [2.05, 4.69) is 4.98 Å². The smallest absolute Gasteiger partial charge is 0.255 e. The fourth-order valence-electron chi connectivity index (χ4n) is 1.94. The monoisotopic (exact) mass is 326 g/mol. The minimum Gasteiger partial charge on any atom is -0.335 e. The zero-order valence-corrected chi connectivity index (χ0v) is 13.0. The standard InChI is InChI=1S/C15H13Cl2FN2O/c1-9(11-5-3-4-6-13(11)18)20(2)15(21)10-7-12(16)14(17)19-8-10/h3-9H,1-2H3. The molecule has 0 aliphatic carbocycles. The third-order valence-corrected chi connectivity index (χ3v) is 3.99. The van der Waals surface area contributed by atoms with E-state index in [0.717, 1.165) is 0 Å². The van der Waals surface area contributed by atoms with Gasteiger partial charge < -0.3 is 4.90 Å². The van der Waals surface area contributed by atoms with Crippen LogP contribution in [0.4, 0.5) is 4.39 Å². The number of benzene rings is 1. The van der Waals surface area contributed by atoms with Gasteiger partial charge in [-0.05, 0) is 19.1 Å². The lowest BCUT2D eigenvalue weighted by Gasteiger charge is -2.25. The summed E-state index contributed by atoms with van der Waals surface area (Å²) in [4.78, 5) is 17.7. The molecule has 0 fully saturated rings. The first kappa shape index (κ1) is 15.7. The first-order valence-electron chi connectivity index (χ1n) is 6.24. The molecule has 0 bridgehead atoms. The zero-order chi connectivity index (χ0) is 15.6. The average Bonchev–Trinajstić information content (AvgIpc) is 2.48. The molecule has 1 heterocycles. The van der Waals surface area contributed by atoms with Crippen LogP contribution in [0, 0.1) is 5.82 Å². The van der Waals surface area contributed by atoms with Gasteiger partial charge in [0.05, 0.1) is 16.6 Å². The van der Waals surface area contributed by atoms with Crippen LogP contribution in [0.2, 0.25) is 10.2 Å². The molecule has 0 aliphatic rings. The summed E-state index contributed by atoms with van der Waals surface area (Å²) in [5, 5.41) is 0.340. The van der Waals surface area contributed by atoms with Crippen LogP contribution in [-0.2, 0) is 0 Å². The lowest BCUT2D eigenvalue weighted by Crippen LogP contribution is -2.30. The molecule has 1 amide bonds. The maximum absolute atomic E-state index is 13.8. The Morgan fingerprint density at radius 3 is 2.62 bits per heavy atom. The quantitative estimate of drug-likeness (QED) is 0.785. The van der Waals surface area contributed by atoms with Gasteiger partial charge in [0.15, 0.2) is 0 Å². The zero-order valence-electron chi connectivity index (χ0n) is 11.5. The van der Waals surface area contributed by atoms with Gasteiger partial charge in [0.25, 0.3) is 5.91 Å². The predicted molar refractivity (Wildman–Crippen MR) is 81.2 cm³/mol. The highest BCUT2D eigenvalue weighted by atomic mass is 35.5. The van der Waals surface area contributed by atoms with Gasteiger partial charge in [0, 0.05) is 18.8 Å². The molecule has 2 aromatic rings. The molecule has 1 aromatic heterocycles. The van der Waals surface area contributed by atoms with Crippen molar-refractivity contribution in [2.45, 2.75) is 13.0 Å². The number of hydrogen-bond acceptors (Lipinski definition) is 2. The molecule has 21 heavy (non-hydrogen) atoms. The highest BCUT2D eigenvalue weighted by Crippen LogP contribution is 2.25. The Bertz CT molecular complexity index is 678. The summed E-state index contributed by atoms with van der Waals surface area (Å²) in [6.45, 7) is 1.75. The van der Waals surface area contributed by atoms with E-state index in [0.29, 0.717) is 11.1 Å². The lowest BCUT2D eigenvalue weighted by atomic mass is 10.1. The van der Waals surface area contributed by atoms with Crippen molar-refractivity contribution in [2.24, 2.45) is 0 Å². The number of carbonyl (C=O) groups is 1. The van der Waals surface area contributed by atoms with E-state index in [9.17, 15) is 9.18 Å². The Morgan fingerprint density at radius 2 is 2.00 bits per heavy atom. The van der Waals surface area contributed by atoms with Crippen LogP contribution in [0.25, 0.3) is 0 Å². The molecule has 1 aromatic carbocycles. The number of hydrogen-bond donors (Lipinski definition) is 0. The first-order chi connectivity index (χ1) is 9.91. The van der Waals surface area contributed by atoms with E-state index >= 15 is 0 Å². The SMILES string of the molecule is CC(c1ccccc1F)N(C)C(=O)c1cnc(Cl)c(Cl)c1. The van der Waals surface area contributed by atoms with Gasteiger partial charge in [0.1, 0.15) is 11.0 Å². The summed E-state index contributed by atoms with van der Waals surface area (Å²) in [5.41, 5.74) is 0.747. The topological polar surface area (TPSA) is 33.2 Å². The molecule has 1 unspecified atom stereocenters. The van der Waals surface area contributed by atoms with Crippen molar-refractivity contribution in [3.05, 3.63) is 63.6 Å². The molecule has 110 valence electrons. The highest BCUT2D eigenvalue weighted by molar-refractivity contribution is 6.41. The predicted octanol–water partition coefficient (Wildman–Crippen LogP) is 4.36. The van der Waals surface area contributed by atoms with Crippen molar-refractivity contribution in [3.63, 3.8) is 0 Å². The Morgan fingerprint density at radius 1 is 1.33 bits per heavy atom. The molecular weight excluding hydrogens is 314 g/mol. The van der Waals surface area contributed by atoms with E-state index in [1.165, 1.54) is 23.2 Å². The van der Waals surface area contributed by atoms with Crippen LogP contribution in [0.1, 0.15) is 28.9 Å². The molecule has 1 atom stereocenters. The Kier molecular flexibility index (Phi) is 4.80. The molecule has 0 saturated heterocycles. The van der Waals surface area contributed by atoms with Crippen LogP contribution in [0.15, 0.2) is 36.5 Å². The van der Waals surface area contributed by atoms with E-state index in [-0.39, 0.29) is 21.9 Å². The van der Waals surface area contributed by atoms with E-state index < -0.39 is 6.04 Å². The highest BCUT2D eigenvalue weighted by Gasteiger charge is 2.21. The van der Waals surface area contributed by atoms with E-state index in [4.69, 9.17) is 23.2 Å². The number of amides is 1. The summed E-state index contributed by atoms with van der Waals surface area (Å²) in [5.74, 6) is -0.659. The van der Waals surface area contributed by atoms with Crippen molar-refractivity contribution < 1.29 is 9.18 Å². The molecule has 6 heteroatoms. The number of carbonyl (C=O) groups excluding carboxylic acids is 1. The van der Waals surface area contributed by atoms with Crippen LogP contribution in [0.5, 0.6) is 0 Å². The van der Waals surface area contributed by atoms with Crippen molar-refractivity contribution in [1.82, 2.24) is 9.88 Å². The maximum atomic E-state index is 13.8. The number of rotatable bonds is 3. The molecule has 0 spiro atoms. The normalized spacial score (nSPS) is 12.0. The van der Waals surface area contributed by atoms with Crippen molar-refractivity contribution in [1.29, 1.82) is 0 Å². The van der Waals surface area contributed by atoms with E-state index in [1.807, 2.05) is 0 Å². The molecule has 2 rings (SSSR count). The van der Waals surface area contributed by atoms with Crippen molar-refractivity contribution in [3.8, 4) is 0 Å². The molecule has 0 aliphatic heterocycles. The Balaban J connectivity index is 2.26. The molecule has 0 radical (unpaired) electrons. The maximum Gasteiger partial charge on any atom is 0.255 e. The van der Waals surface area contributed by atoms with E-state index in [1.54, 1.807) is 32.2 Å². The molecule has 0 N–H and O–H groups in total. The number of halogens is 3. The largest absolute Gasteiger partial charge is 0.335 e. The van der Waals surface area contributed by atoms with Gasteiger partial charge in [-0.3, -0.25) is 4.79 Å². The van der Waals surface area contributed by atoms with Gasteiger partial charge in [0.2, 0.25) is 0 Å². The van der Waals surface area contributed by atoms with Gasteiger partial charge in [-0.2, -0.15) is 0 Å². The third-order valence-electron chi connectivity index (χ3n) is 3.30.